The second-order valence-corrected chi connectivity index (χ2v) is 8.46. The van der Waals surface area contributed by atoms with Gasteiger partial charge in [-0.25, -0.2) is 13.4 Å². The smallest absolute Gasteiger partial charge is 0.251 e. The number of benzene rings is 1. The number of hydrogen-bond donors (Lipinski definition) is 2. The summed E-state index contributed by atoms with van der Waals surface area (Å²) in [4.78, 5) is 18.5. The maximum absolute atomic E-state index is 12.4. The Morgan fingerprint density at radius 2 is 2.19 bits per heavy atom. The van der Waals surface area contributed by atoms with Crippen LogP contribution in [0.15, 0.2) is 24.5 Å². The molecule has 1 aromatic carbocycles. The van der Waals surface area contributed by atoms with Crippen LogP contribution in [-0.4, -0.2) is 74.4 Å². The lowest BCUT2D eigenvalue weighted by Crippen LogP contribution is -2.31. The van der Waals surface area contributed by atoms with Gasteiger partial charge in [-0.2, -0.15) is 5.10 Å². The minimum Gasteiger partial charge on any atom is -0.351 e. The van der Waals surface area contributed by atoms with Gasteiger partial charge in [-0.05, 0) is 37.9 Å². The molecular formula is C16H22N6O3S. The van der Waals surface area contributed by atoms with Gasteiger partial charge >= 0.3 is 0 Å². The van der Waals surface area contributed by atoms with Crippen LogP contribution in [0.5, 0.6) is 0 Å². The number of likely N-dealkylation sites (N-methyl/N-ethyl adjacent to an activating group) is 1. The topological polar surface area (TPSA) is 111 Å². The molecule has 9 nitrogen and oxygen atoms in total. The standard InChI is InChI=1S/C16H22N6O3S/c1-21(2)7-6-17-16(23)11-4-5-14-12(8-11)13(15-18-10-19-20-15)9-22(14)26(3,24)25/h4-5,8,10,13H,6-7,9H2,1-3H3,(H,17,23)(H,18,19,20). The summed E-state index contributed by atoms with van der Waals surface area (Å²) in [7, 11) is 0.436. The van der Waals surface area contributed by atoms with E-state index in [1.165, 1.54) is 16.9 Å². The second kappa shape index (κ2) is 7.04. The fourth-order valence-corrected chi connectivity index (χ4v) is 3.93. The molecular weight excluding hydrogens is 356 g/mol. The van der Waals surface area contributed by atoms with E-state index in [4.69, 9.17) is 0 Å². The first kappa shape index (κ1) is 18.3. The van der Waals surface area contributed by atoms with Crippen molar-refractivity contribution in [2.75, 3.05) is 44.3 Å². The Bertz CT molecular complexity index is 895. The van der Waals surface area contributed by atoms with Crippen LogP contribution in [0.25, 0.3) is 0 Å². The highest BCUT2D eigenvalue weighted by Crippen LogP contribution is 2.40. The van der Waals surface area contributed by atoms with Gasteiger partial charge < -0.3 is 10.2 Å². The average Bonchev–Trinajstić information content (AvgIpc) is 3.20. The molecule has 26 heavy (non-hydrogen) atoms. The van der Waals surface area contributed by atoms with Crippen LogP contribution in [0.3, 0.4) is 0 Å². The lowest BCUT2D eigenvalue weighted by atomic mass is 9.98. The number of H-pyrrole nitrogens is 1. The molecule has 2 aromatic rings. The van der Waals surface area contributed by atoms with Gasteiger partial charge in [0.15, 0.2) is 0 Å². The van der Waals surface area contributed by atoms with Gasteiger partial charge in [-0.3, -0.25) is 14.2 Å². The molecule has 2 N–H and O–H groups in total. The highest BCUT2D eigenvalue weighted by atomic mass is 32.2. The van der Waals surface area contributed by atoms with E-state index in [1.807, 2.05) is 19.0 Å². The second-order valence-electron chi connectivity index (χ2n) is 6.55. The van der Waals surface area contributed by atoms with E-state index in [9.17, 15) is 13.2 Å². The number of hydrogen-bond acceptors (Lipinski definition) is 6. The van der Waals surface area contributed by atoms with E-state index in [0.29, 0.717) is 23.6 Å². The van der Waals surface area contributed by atoms with Crippen LogP contribution in [0.4, 0.5) is 5.69 Å². The maximum atomic E-state index is 12.4. The Hall–Kier alpha value is -2.46. The first-order valence-electron chi connectivity index (χ1n) is 8.17. The third-order valence-electron chi connectivity index (χ3n) is 4.29. The summed E-state index contributed by atoms with van der Waals surface area (Å²) in [6.07, 6.45) is 2.55. The van der Waals surface area contributed by atoms with Gasteiger partial charge in [-0.1, -0.05) is 0 Å². The van der Waals surface area contributed by atoms with Crippen LogP contribution in [-0.2, 0) is 10.0 Å². The Morgan fingerprint density at radius 3 is 2.81 bits per heavy atom. The molecule has 1 amide bonds. The summed E-state index contributed by atoms with van der Waals surface area (Å²) < 4.78 is 25.6. The number of amides is 1. The quantitative estimate of drug-likeness (QED) is 0.732. The van der Waals surface area contributed by atoms with Gasteiger partial charge in [0.1, 0.15) is 12.2 Å². The van der Waals surface area contributed by atoms with E-state index in [2.05, 4.69) is 20.5 Å². The lowest BCUT2D eigenvalue weighted by molar-refractivity contribution is 0.0951. The summed E-state index contributed by atoms with van der Waals surface area (Å²) >= 11 is 0. The zero-order chi connectivity index (χ0) is 18.9. The zero-order valence-corrected chi connectivity index (χ0v) is 15.7. The van der Waals surface area contributed by atoms with E-state index in [0.717, 1.165) is 12.1 Å². The highest BCUT2D eigenvalue weighted by Gasteiger charge is 2.36. The van der Waals surface area contributed by atoms with Crippen LogP contribution < -0.4 is 9.62 Å². The van der Waals surface area contributed by atoms with Crippen LogP contribution >= 0.6 is 0 Å². The van der Waals surface area contributed by atoms with Crippen LogP contribution in [0.1, 0.15) is 27.7 Å². The number of carbonyl (C=O) groups is 1. The first-order chi connectivity index (χ1) is 12.3. The van der Waals surface area contributed by atoms with Crippen molar-refractivity contribution in [2.45, 2.75) is 5.92 Å². The average molecular weight is 378 g/mol. The van der Waals surface area contributed by atoms with Gasteiger partial charge in [0.05, 0.1) is 17.9 Å². The van der Waals surface area contributed by atoms with Crippen molar-refractivity contribution in [1.82, 2.24) is 25.4 Å². The number of rotatable bonds is 6. The Kier molecular flexibility index (Phi) is 4.97. The lowest BCUT2D eigenvalue weighted by Gasteiger charge is -2.16. The van der Waals surface area contributed by atoms with Gasteiger partial charge in [0, 0.05) is 25.2 Å². The molecule has 0 fully saturated rings. The Balaban J connectivity index is 1.92. The Morgan fingerprint density at radius 1 is 1.42 bits per heavy atom. The van der Waals surface area contributed by atoms with E-state index >= 15 is 0 Å². The molecule has 140 valence electrons. The number of fused-ring (bicyclic) bond motifs is 1. The molecule has 2 heterocycles. The third kappa shape index (κ3) is 3.70. The molecule has 0 radical (unpaired) electrons. The number of aromatic amines is 1. The van der Waals surface area contributed by atoms with E-state index < -0.39 is 10.0 Å². The van der Waals surface area contributed by atoms with Gasteiger partial charge in [-0.15, -0.1) is 0 Å². The monoisotopic (exact) mass is 378 g/mol. The maximum Gasteiger partial charge on any atom is 0.251 e. The van der Waals surface area contributed by atoms with Crippen molar-refractivity contribution < 1.29 is 13.2 Å². The number of carbonyl (C=O) groups excluding carboxylic acids is 1. The van der Waals surface area contributed by atoms with Gasteiger partial charge in [0.2, 0.25) is 10.0 Å². The molecule has 1 aromatic heterocycles. The van der Waals surface area contributed by atoms with Crippen molar-refractivity contribution in [2.24, 2.45) is 0 Å². The number of nitrogens with zero attached hydrogens (tertiary/aromatic N) is 4. The first-order valence-corrected chi connectivity index (χ1v) is 10.0. The fraction of sp³-hybridized carbons (Fsp3) is 0.438. The number of nitrogens with one attached hydrogen (secondary N) is 2. The van der Waals surface area contributed by atoms with Crippen molar-refractivity contribution in [3.63, 3.8) is 0 Å². The summed E-state index contributed by atoms with van der Waals surface area (Å²) in [6.45, 7) is 1.50. The normalized spacial score (nSPS) is 16.8. The molecule has 0 aliphatic carbocycles. The van der Waals surface area contributed by atoms with Crippen molar-refractivity contribution in [1.29, 1.82) is 0 Å². The predicted molar refractivity (Wildman–Crippen MR) is 97.7 cm³/mol. The highest BCUT2D eigenvalue weighted by molar-refractivity contribution is 7.92. The summed E-state index contributed by atoms with van der Waals surface area (Å²) in [5.74, 6) is 0.0862. The molecule has 1 unspecified atom stereocenters. The van der Waals surface area contributed by atoms with E-state index in [1.54, 1.807) is 18.2 Å². The predicted octanol–water partition coefficient (Wildman–Crippen LogP) is 0.00760. The molecule has 1 aliphatic rings. The summed E-state index contributed by atoms with van der Waals surface area (Å²) in [6, 6.07) is 5.05. The Labute approximate surface area is 152 Å². The van der Waals surface area contributed by atoms with Crippen molar-refractivity contribution in [3.8, 4) is 0 Å². The van der Waals surface area contributed by atoms with Crippen molar-refractivity contribution in [3.05, 3.63) is 41.5 Å². The molecule has 10 heteroatoms. The van der Waals surface area contributed by atoms with E-state index in [-0.39, 0.29) is 18.4 Å². The minimum atomic E-state index is -3.43. The SMILES string of the molecule is CN(C)CCNC(=O)c1ccc2c(c1)C(c1ncn[nH]1)CN2S(C)(=O)=O. The van der Waals surface area contributed by atoms with Crippen LogP contribution in [0.2, 0.25) is 0 Å². The number of sulfonamides is 1. The molecule has 0 saturated carbocycles. The molecule has 0 spiro atoms. The minimum absolute atomic E-state index is 0.191. The zero-order valence-electron chi connectivity index (χ0n) is 14.9. The van der Waals surface area contributed by atoms with Crippen LogP contribution in [0, 0.1) is 0 Å². The molecule has 0 saturated heterocycles. The molecule has 1 aliphatic heterocycles. The van der Waals surface area contributed by atoms with Gasteiger partial charge in [0.25, 0.3) is 5.91 Å². The number of aromatic nitrogens is 3. The fourth-order valence-electron chi connectivity index (χ4n) is 2.99. The molecule has 0 bridgehead atoms. The molecule has 1 atom stereocenters. The largest absolute Gasteiger partial charge is 0.351 e. The third-order valence-corrected chi connectivity index (χ3v) is 5.44. The summed E-state index contributed by atoms with van der Waals surface area (Å²) in [5.41, 5.74) is 1.80. The van der Waals surface area contributed by atoms with Crippen molar-refractivity contribution >= 4 is 21.6 Å². The summed E-state index contributed by atoms with van der Waals surface area (Å²) in [5, 5.41) is 9.52. The molecule has 3 rings (SSSR count). The number of anilines is 1.